The molecule has 0 atom stereocenters. The van der Waals surface area contributed by atoms with Crippen LogP contribution in [0.3, 0.4) is 0 Å². The lowest BCUT2D eigenvalue weighted by Crippen LogP contribution is -2.38. The number of aryl methyl sites for hydroxylation is 2. The molecular formula is C21H30F2N4O3. The van der Waals surface area contributed by atoms with Crippen LogP contribution in [0.5, 0.6) is 11.5 Å². The number of benzene rings is 1. The number of hydrogen-bond acceptors (Lipinski definition) is 5. The average Bonchev–Trinajstić information content (AvgIpc) is 3.03. The summed E-state index contributed by atoms with van der Waals surface area (Å²) in [5, 5.41) is 10.3. The summed E-state index contributed by atoms with van der Waals surface area (Å²) in [5.41, 5.74) is 2.48. The van der Waals surface area contributed by atoms with Gasteiger partial charge >= 0.3 is 6.61 Å². The fourth-order valence-corrected chi connectivity index (χ4v) is 2.85. The number of nitrogens with zero attached hydrogens (tertiary/aromatic N) is 2. The van der Waals surface area contributed by atoms with Crippen molar-refractivity contribution in [3.63, 3.8) is 0 Å². The predicted molar refractivity (Wildman–Crippen MR) is 111 cm³/mol. The lowest BCUT2D eigenvalue weighted by molar-refractivity contribution is -0.0505. The van der Waals surface area contributed by atoms with Gasteiger partial charge in [0, 0.05) is 30.3 Å². The highest BCUT2D eigenvalue weighted by Crippen LogP contribution is 2.27. The van der Waals surface area contributed by atoms with E-state index >= 15 is 0 Å². The average molecular weight is 424 g/mol. The summed E-state index contributed by atoms with van der Waals surface area (Å²) in [4.78, 5) is 4.50. The number of rotatable bonds is 11. The van der Waals surface area contributed by atoms with Crippen LogP contribution in [0.2, 0.25) is 0 Å². The van der Waals surface area contributed by atoms with Crippen LogP contribution in [0.4, 0.5) is 8.78 Å². The fourth-order valence-electron chi connectivity index (χ4n) is 2.85. The monoisotopic (exact) mass is 424 g/mol. The number of nitrogens with one attached hydrogen (secondary N) is 2. The van der Waals surface area contributed by atoms with Crippen molar-refractivity contribution in [2.24, 2.45) is 4.99 Å². The van der Waals surface area contributed by atoms with Gasteiger partial charge in [-0.2, -0.15) is 8.78 Å². The number of alkyl halides is 2. The quantitative estimate of drug-likeness (QED) is 0.420. The first-order chi connectivity index (χ1) is 14.4. The van der Waals surface area contributed by atoms with Gasteiger partial charge in [-0.3, -0.25) is 0 Å². The summed E-state index contributed by atoms with van der Waals surface area (Å²) in [6.45, 7) is 6.77. The van der Waals surface area contributed by atoms with Gasteiger partial charge in [0.15, 0.2) is 5.96 Å². The number of hydrogen-bond donors (Lipinski definition) is 2. The Morgan fingerprint density at radius 3 is 2.67 bits per heavy atom. The molecule has 0 saturated heterocycles. The van der Waals surface area contributed by atoms with E-state index in [1.165, 1.54) is 6.07 Å². The number of aromatic nitrogens is 1. The molecule has 0 spiro atoms. The van der Waals surface area contributed by atoms with E-state index in [1.54, 1.807) is 12.1 Å². The first-order valence-corrected chi connectivity index (χ1v) is 10.1. The van der Waals surface area contributed by atoms with Gasteiger partial charge in [-0.25, -0.2) is 4.99 Å². The summed E-state index contributed by atoms with van der Waals surface area (Å²) in [5.74, 6) is 1.94. The third-order valence-electron chi connectivity index (χ3n) is 4.33. The molecule has 2 N–H and O–H groups in total. The molecule has 0 saturated carbocycles. The van der Waals surface area contributed by atoms with E-state index in [0.717, 1.165) is 29.9 Å². The van der Waals surface area contributed by atoms with Gasteiger partial charge in [0.25, 0.3) is 0 Å². The molecule has 0 unspecified atom stereocenters. The van der Waals surface area contributed by atoms with Crippen molar-refractivity contribution in [1.29, 1.82) is 0 Å². The molecule has 0 aliphatic carbocycles. The van der Waals surface area contributed by atoms with Gasteiger partial charge in [0.1, 0.15) is 17.3 Å². The maximum absolute atomic E-state index is 12.8. The zero-order valence-electron chi connectivity index (χ0n) is 17.9. The third-order valence-corrected chi connectivity index (χ3v) is 4.33. The van der Waals surface area contributed by atoms with Crippen LogP contribution in [0.25, 0.3) is 0 Å². The molecule has 30 heavy (non-hydrogen) atoms. The second kappa shape index (κ2) is 12.0. The second-order valence-electron chi connectivity index (χ2n) is 6.67. The summed E-state index contributed by atoms with van der Waals surface area (Å²) >= 11 is 0. The molecule has 7 nitrogen and oxygen atoms in total. The Hall–Kier alpha value is -2.84. The lowest BCUT2D eigenvalue weighted by Gasteiger charge is -2.14. The summed E-state index contributed by atoms with van der Waals surface area (Å²) in [7, 11) is 0. The molecule has 0 fully saturated rings. The smallest absolute Gasteiger partial charge is 0.387 e. The molecule has 2 aromatic rings. The van der Waals surface area contributed by atoms with E-state index in [1.807, 2.05) is 27.7 Å². The minimum atomic E-state index is -2.92. The van der Waals surface area contributed by atoms with Crippen molar-refractivity contribution in [1.82, 2.24) is 15.8 Å². The van der Waals surface area contributed by atoms with Gasteiger partial charge in [-0.05, 0) is 45.7 Å². The van der Waals surface area contributed by atoms with E-state index < -0.39 is 6.61 Å². The van der Waals surface area contributed by atoms with Gasteiger partial charge in [0.2, 0.25) is 0 Å². The number of guanidine groups is 1. The molecule has 1 aromatic carbocycles. The Morgan fingerprint density at radius 1 is 1.23 bits per heavy atom. The molecular weight excluding hydrogens is 394 g/mol. The van der Waals surface area contributed by atoms with E-state index in [-0.39, 0.29) is 12.3 Å². The van der Waals surface area contributed by atoms with Crippen molar-refractivity contribution >= 4 is 5.96 Å². The first-order valence-electron chi connectivity index (χ1n) is 10.1. The van der Waals surface area contributed by atoms with Gasteiger partial charge in [-0.15, -0.1) is 0 Å². The molecule has 9 heteroatoms. The van der Waals surface area contributed by atoms with Crippen LogP contribution in [-0.2, 0) is 13.0 Å². The largest absolute Gasteiger partial charge is 0.493 e. The number of aliphatic imine (C=N–C) groups is 1. The second-order valence-corrected chi connectivity index (χ2v) is 6.67. The maximum atomic E-state index is 12.8. The Bertz CT molecular complexity index is 805. The van der Waals surface area contributed by atoms with Gasteiger partial charge < -0.3 is 24.6 Å². The van der Waals surface area contributed by atoms with Crippen molar-refractivity contribution in [3.8, 4) is 11.5 Å². The summed E-state index contributed by atoms with van der Waals surface area (Å²) in [6, 6.07) is 4.90. The van der Waals surface area contributed by atoms with Crippen LogP contribution in [0, 0.1) is 13.8 Å². The van der Waals surface area contributed by atoms with Crippen molar-refractivity contribution in [2.75, 3.05) is 19.7 Å². The van der Waals surface area contributed by atoms with Crippen molar-refractivity contribution < 1.29 is 22.8 Å². The summed E-state index contributed by atoms with van der Waals surface area (Å²) in [6.07, 6.45) is 1.55. The highest BCUT2D eigenvalue weighted by atomic mass is 19.3. The van der Waals surface area contributed by atoms with Crippen molar-refractivity contribution in [2.45, 2.75) is 53.7 Å². The molecule has 0 radical (unpaired) electrons. The highest BCUT2D eigenvalue weighted by Gasteiger charge is 2.12. The third kappa shape index (κ3) is 7.20. The first kappa shape index (κ1) is 23.4. The molecule has 1 heterocycles. The molecule has 0 amide bonds. The Labute approximate surface area is 175 Å². The van der Waals surface area contributed by atoms with Crippen molar-refractivity contribution in [3.05, 3.63) is 40.8 Å². The predicted octanol–water partition coefficient (Wildman–Crippen LogP) is 3.98. The van der Waals surface area contributed by atoms with E-state index in [9.17, 15) is 8.78 Å². The summed E-state index contributed by atoms with van der Waals surface area (Å²) < 4.78 is 41.0. The Balaban J connectivity index is 2.06. The zero-order valence-corrected chi connectivity index (χ0v) is 17.9. The zero-order chi connectivity index (χ0) is 21.9. The van der Waals surface area contributed by atoms with Crippen LogP contribution >= 0.6 is 0 Å². The molecule has 0 aliphatic rings. The minimum Gasteiger partial charge on any atom is -0.493 e. The Morgan fingerprint density at radius 2 is 2.03 bits per heavy atom. The topological polar surface area (TPSA) is 80.9 Å². The molecule has 2 rings (SSSR count). The highest BCUT2D eigenvalue weighted by molar-refractivity contribution is 5.79. The number of ether oxygens (including phenoxy) is 2. The minimum absolute atomic E-state index is 0.0638. The number of halogens is 2. The standard InChI is InChI=1S/C21H30F2N4O3/c1-5-11-28-17-8-7-16(19(12-17)29-20(22)23)13-26-21(24-6-2)25-10-9-18-14(3)27-30-15(18)4/h7-8,12,20H,5-6,9-11,13H2,1-4H3,(H2,24,25,26). The lowest BCUT2D eigenvalue weighted by atomic mass is 10.1. The van der Waals surface area contributed by atoms with Crippen LogP contribution in [0.15, 0.2) is 27.7 Å². The fraction of sp³-hybridized carbons (Fsp3) is 0.524. The molecule has 0 aliphatic heterocycles. The molecule has 166 valence electrons. The molecule has 0 bridgehead atoms. The SMILES string of the molecule is CCCOc1ccc(CN=C(NCC)NCCc2c(C)noc2C)c(OC(F)F)c1. The van der Waals surface area contributed by atoms with Crippen LogP contribution in [0.1, 0.15) is 42.8 Å². The Kier molecular flexibility index (Phi) is 9.37. The van der Waals surface area contributed by atoms with Crippen LogP contribution < -0.4 is 20.1 Å². The van der Waals surface area contributed by atoms with E-state index in [0.29, 0.717) is 37.0 Å². The van der Waals surface area contributed by atoms with Gasteiger partial charge in [0.05, 0.1) is 18.8 Å². The van der Waals surface area contributed by atoms with Crippen LogP contribution in [-0.4, -0.2) is 37.4 Å². The van der Waals surface area contributed by atoms with E-state index in [2.05, 4.69) is 25.5 Å². The normalized spacial score (nSPS) is 11.6. The maximum Gasteiger partial charge on any atom is 0.387 e. The van der Waals surface area contributed by atoms with Gasteiger partial charge in [-0.1, -0.05) is 12.1 Å². The molecule has 1 aromatic heterocycles. The van der Waals surface area contributed by atoms with E-state index in [4.69, 9.17) is 9.26 Å².